The highest BCUT2D eigenvalue weighted by atomic mass is 79.9. The molecule has 0 saturated heterocycles. The summed E-state index contributed by atoms with van der Waals surface area (Å²) in [5.41, 5.74) is 0. The Hall–Kier alpha value is 1.34. The third-order valence-electron chi connectivity index (χ3n) is 0.0875. The first-order chi connectivity index (χ1) is 2.56. The number of halogens is 4. The third kappa shape index (κ3) is 5.34. The first-order valence-corrected chi connectivity index (χ1v) is 4.34. The molecule has 0 aliphatic carbocycles. The monoisotopic (exact) mass is 212 g/mol. The molecule has 0 aliphatic heterocycles. The van der Waals surface area contributed by atoms with Gasteiger partial charge in [0.15, 0.2) is 0 Å². The van der Waals surface area contributed by atoms with E-state index in [1.807, 2.05) is 0 Å². The van der Waals surface area contributed by atoms with E-state index in [0.29, 0.717) is 10.2 Å². The third-order valence-corrected chi connectivity index (χ3v) is 3.18. The summed E-state index contributed by atoms with van der Waals surface area (Å²) >= 11 is 12.1. The van der Waals surface area contributed by atoms with Gasteiger partial charge in [0.1, 0.15) is 0 Å². The fourth-order valence-electron chi connectivity index (χ4n) is 0. The summed E-state index contributed by atoms with van der Waals surface area (Å²) in [6, 6.07) is 0. The zero-order valence-electron chi connectivity index (χ0n) is 2.42. The van der Waals surface area contributed by atoms with E-state index in [0.717, 1.165) is 0 Å². The maximum atomic E-state index is 11.6. The van der Waals surface area contributed by atoms with Gasteiger partial charge in [-0.15, -0.1) is 0 Å². The van der Waals surface area contributed by atoms with E-state index < -0.39 is 3.92 Å². The fraction of sp³-hybridized carbons (Fsp3) is 1.00. The molecule has 0 aromatic carbocycles. The van der Waals surface area contributed by atoms with Crippen molar-refractivity contribution in [3.05, 3.63) is 0 Å². The number of hydrogen-bond donors (Lipinski definition) is 0. The maximum Gasteiger partial charge on any atom is 0.315 e. The van der Waals surface area contributed by atoms with E-state index in [-0.39, 0.29) is 0 Å². The van der Waals surface area contributed by atoms with Gasteiger partial charge in [-0.25, -0.2) is 0 Å². The molecule has 0 unspecified atom stereocenters. The van der Waals surface area contributed by atoms with E-state index in [2.05, 4.69) is 14.8 Å². The summed E-state index contributed by atoms with van der Waals surface area (Å²) in [6.45, 7) is 0. The van der Waals surface area contributed by atoms with Gasteiger partial charge in [0.05, 0.1) is 0 Å². The lowest BCUT2D eigenvalue weighted by Crippen LogP contribution is -1.88. The lowest BCUT2D eigenvalue weighted by atomic mass is 11.7. The lowest BCUT2D eigenvalue weighted by Gasteiger charge is -1.97. The summed E-state index contributed by atoms with van der Waals surface area (Å²) < 4.78 is 9.38. The van der Waals surface area contributed by atoms with Crippen LogP contribution in [0.15, 0.2) is 0 Å². The van der Waals surface area contributed by atoms with Gasteiger partial charge in [-0.2, -0.15) is 4.39 Å². The molecule has 38 valence electrons. The van der Waals surface area contributed by atoms with Crippen molar-refractivity contribution in [2.45, 2.75) is 3.92 Å². The van der Waals surface area contributed by atoms with Crippen molar-refractivity contribution in [3.63, 3.8) is 0 Å². The van der Waals surface area contributed by atoms with Crippen molar-refractivity contribution in [1.29, 1.82) is 0 Å². The van der Waals surface area contributed by atoms with Gasteiger partial charge in [-0.3, -0.25) is 0 Å². The minimum absolute atomic E-state index is 0.559. The smallest absolute Gasteiger partial charge is 0.194 e. The SMILES string of the molecule is FC(Cl)(Cl)SBr. The molecule has 0 aromatic rings. The Morgan fingerprint density at radius 1 is 1.67 bits per heavy atom. The molecule has 0 atom stereocenters. The quantitative estimate of drug-likeness (QED) is 0.604. The second-order valence-corrected chi connectivity index (χ2v) is 3.89. The van der Waals surface area contributed by atoms with Crippen LogP contribution in [0, 0.1) is 0 Å². The van der Waals surface area contributed by atoms with Crippen molar-refractivity contribution in [3.8, 4) is 0 Å². The van der Waals surface area contributed by atoms with Crippen LogP contribution in [0.3, 0.4) is 0 Å². The van der Waals surface area contributed by atoms with Crippen LogP contribution >= 0.6 is 48.2 Å². The van der Waals surface area contributed by atoms with E-state index in [1.54, 1.807) is 0 Å². The normalized spacial score (nSPS) is 12.0. The maximum absolute atomic E-state index is 11.6. The molecule has 0 radical (unpaired) electrons. The lowest BCUT2D eigenvalue weighted by molar-refractivity contribution is 0.518. The minimum Gasteiger partial charge on any atom is -0.194 e. The molecule has 5 heteroatoms. The number of hydrogen-bond acceptors (Lipinski definition) is 1. The molecule has 0 amide bonds. The van der Waals surface area contributed by atoms with Crippen molar-refractivity contribution in [1.82, 2.24) is 0 Å². The molecule has 0 N–H and O–H groups in total. The fourth-order valence-corrected chi connectivity index (χ4v) is 0. The first-order valence-electron chi connectivity index (χ1n) is 0.925. The van der Waals surface area contributed by atoms with Crippen LogP contribution in [0.25, 0.3) is 0 Å². The Labute approximate surface area is 56.6 Å². The van der Waals surface area contributed by atoms with Crippen LogP contribution in [0.4, 0.5) is 4.39 Å². The molecule has 0 heterocycles. The largest absolute Gasteiger partial charge is 0.315 e. The van der Waals surface area contributed by atoms with Gasteiger partial charge in [0.25, 0.3) is 0 Å². The second kappa shape index (κ2) is 2.60. The second-order valence-electron chi connectivity index (χ2n) is 0.523. The van der Waals surface area contributed by atoms with Crippen LogP contribution < -0.4 is 0 Å². The van der Waals surface area contributed by atoms with Crippen LogP contribution in [-0.4, -0.2) is 3.92 Å². The summed E-state index contributed by atoms with van der Waals surface area (Å²) in [5, 5.41) is 0. The van der Waals surface area contributed by atoms with E-state index in [4.69, 9.17) is 23.2 Å². The van der Waals surface area contributed by atoms with Crippen molar-refractivity contribution < 1.29 is 4.39 Å². The summed E-state index contributed by atoms with van der Waals surface area (Å²) in [5.74, 6) is 0. The van der Waals surface area contributed by atoms with Gasteiger partial charge in [-0.1, -0.05) is 23.2 Å². The Balaban J connectivity index is 3.17. The van der Waals surface area contributed by atoms with Crippen LogP contribution in [0.5, 0.6) is 0 Å². The zero-order chi connectivity index (χ0) is 5.21. The summed E-state index contributed by atoms with van der Waals surface area (Å²) in [4.78, 5) is 0. The zero-order valence-corrected chi connectivity index (χ0v) is 6.33. The molecular formula is CBrCl2FS. The highest BCUT2D eigenvalue weighted by molar-refractivity contribution is 9.50. The van der Waals surface area contributed by atoms with Crippen LogP contribution in [0.1, 0.15) is 0 Å². The average molecular weight is 214 g/mol. The molecule has 0 aliphatic rings. The van der Waals surface area contributed by atoms with Crippen LogP contribution in [0.2, 0.25) is 0 Å². The molecule has 0 bridgehead atoms. The Bertz CT molecular complexity index is 43.3. The topological polar surface area (TPSA) is 0 Å². The van der Waals surface area contributed by atoms with Crippen LogP contribution in [-0.2, 0) is 0 Å². The predicted octanol–water partition coefficient (Wildman–Crippen LogP) is 3.09. The molecule has 0 aromatic heterocycles. The van der Waals surface area contributed by atoms with Gasteiger partial charge >= 0.3 is 3.92 Å². The molecule has 0 fully saturated rings. The highest BCUT2D eigenvalue weighted by Crippen LogP contribution is 2.39. The molecular weight excluding hydrogens is 214 g/mol. The first kappa shape index (κ1) is 7.34. The van der Waals surface area contributed by atoms with Crippen molar-refractivity contribution in [2.75, 3.05) is 0 Å². The Kier molecular flexibility index (Phi) is 3.18. The molecule has 0 spiro atoms. The summed E-state index contributed by atoms with van der Waals surface area (Å²) in [6.07, 6.45) is 0. The van der Waals surface area contributed by atoms with E-state index in [9.17, 15) is 4.39 Å². The van der Waals surface area contributed by atoms with Crippen molar-refractivity contribution >= 4 is 48.2 Å². The molecule has 0 nitrogen and oxygen atoms in total. The summed E-state index contributed by atoms with van der Waals surface area (Å²) in [7, 11) is 0.559. The molecule has 0 rings (SSSR count). The Morgan fingerprint density at radius 2 is 1.83 bits per heavy atom. The van der Waals surface area contributed by atoms with Gasteiger partial charge in [0.2, 0.25) is 0 Å². The predicted molar refractivity (Wildman–Crippen MR) is 32.1 cm³/mol. The van der Waals surface area contributed by atoms with E-state index >= 15 is 0 Å². The van der Waals surface area contributed by atoms with Gasteiger partial charge in [0, 0.05) is 0 Å². The standard InChI is InChI=1S/CBrCl2FS/c2-6-1(3,4)5. The molecule has 6 heavy (non-hydrogen) atoms. The molecule has 0 saturated carbocycles. The van der Waals surface area contributed by atoms with Gasteiger partial charge in [-0.05, 0) is 25.0 Å². The van der Waals surface area contributed by atoms with Gasteiger partial charge < -0.3 is 0 Å². The van der Waals surface area contributed by atoms with E-state index in [1.165, 1.54) is 0 Å². The number of alkyl halides is 3. The number of rotatable bonds is 1. The van der Waals surface area contributed by atoms with Crippen molar-refractivity contribution in [2.24, 2.45) is 0 Å². The Morgan fingerprint density at radius 3 is 1.83 bits per heavy atom. The average Bonchev–Trinajstić information content (AvgIpc) is 1.35. The minimum atomic E-state index is -2.18. The highest BCUT2D eigenvalue weighted by Gasteiger charge is 2.20.